The van der Waals surface area contributed by atoms with Gasteiger partial charge in [0, 0.05) is 22.8 Å². The Hall–Kier alpha value is -2.07. The van der Waals surface area contributed by atoms with Crippen molar-refractivity contribution in [1.29, 1.82) is 0 Å². The fourth-order valence-electron chi connectivity index (χ4n) is 2.69. The van der Waals surface area contributed by atoms with Crippen LogP contribution in [0.15, 0.2) is 41.9 Å². The first kappa shape index (κ1) is 14.9. The van der Waals surface area contributed by atoms with Crippen molar-refractivity contribution in [3.8, 4) is 11.1 Å². The zero-order chi connectivity index (χ0) is 15.7. The smallest absolute Gasteiger partial charge is 0.309 e. The molecular weight excluding hydrogens is 294 g/mol. The first-order valence-corrected chi connectivity index (χ1v) is 8.30. The van der Waals surface area contributed by atoms with Crippen LogP contribution in [0.25, 0.3) is 16.0 Å². The van der Waals surface area contributed by atoms with Gasteiger partial charge in [0.15, 0.2) is 0 Å². The van der Waals surface area contributed by atoms with Gasteiger partial charge in [-0.05, 0) is 29.5 Å². The highest BCUT2D eigenvalue weighted by Crippen LogP contribution is 2.28. The van der Waals surface area contributed by atoms with Crippen molar-refractivity contribution < 1.29 is 9.90 Å². The minimum Gasteiger partial charge on any atom is -0.481 e. The maximum absolute atomic E-state index is 10.9. The molecule has 0 bridgehead atoms. The first-order valence-electron chi connectivity index (χ1n) is 7.42. The lowest BCUT2D eigenvalue weighted by molar-refractivity contribution is -0.136. The van der Waals surface area contributed by atoms with Crippen LogP contribution >= 0.6 is 11.3 Å². The summed E-state index contributed by atoms with van der Waals surface area (Å²) in [5.41, 5.74) is 4.49. The van der Waals surface area contributed by atoms with Crippen molar-refractivity contribution in [1.82, 2.24) is 4.40 Å². The molecule has 0 amide bonds. The number of aromatic nitrogens is 1. The number of benzene rings is 1. The summed E-state index contributed by atoms with van der Waals surface area (Å²) in [6.07, 6.45) is 3.18. The number of rotatable bonds is 5. The molecule has 0 aliphatic rings. The SMILES string of the molecule is CC(C)Cc1ccc(-c2cc3scc(CC(=O)O)n3c2)cc1. The van der Waals surface area contributed by atoms with E-state index in [1.165, 1.54) is 11.1 Å². The zero-order valence-corrected chi connectivity index (χ0v) is 13.6. The van der Waals surface area contributed by atoms with E-state index < -0.39 is 5.97 Å². The van der Waals surface area contributed by atoms with Gasteiger partial charge in [0.05, 0.1) is 11.3 Å². The van der Waals surface area contributed by atoms with Crippen LogP contribution in [0.5, 0.6) is 0 Å². The van der Waals surface area contributed by atoms with E-state index in [-0.39, 0.29) is 6.42 Å². The third-order valence-corrected chi connectivity index (χ3v) is 4.62. The highest BCUT2D eigenvalue weighted by atomic mass is 32.1. The lowest BCUT2D eigenvalue weighted by Gasteiger charge is -2.05. The molecule has 114 valence electrons. The number of hydrogen-bond acceptors (Lipinski definition) is 2. The van der Waals surface area contributed by atoms with Crippen molar-refractivity contribution in [3.63, 3.8) is 0 Å². The van der Waals surface area contributed by atoms with Gasteiger partial charge in [-0.1, -0.05) is 38.1 Å². The Kier molecular flexibility index (Phi) is 4.03. The average Bonchev–Trinajstić information content (AvgIpc) is 3.01. The van der Waals surface area contributed by atoms with Crippen LogP contribution in [0.2, 0.25) is 0 Å². The lowest BCUT2D eigenvalue weighted by atomic mass is 10.0. The van der Waals surface area contributed by atoms with Crippen molar-refractivity contribution in [2.24, 2.45) is 5.92 Å². The summed E-state index contributed by atoms with van der Waals surface area (Å²) in [7, 11) is 0. The first-order chi connectivity index (χ1) is 10.5. The second kappa shape index (κ2) is 5.97. The quantitative estimate of drug-likeness (QED) is 0.754. The number of fused-ring (bicyclic) bond motifs is 1. The molecule has 1 N–H and O–H groups in total. The largest absolute Gasteiger partial charge is 0.481 e. The fourth-order valence-corrected chi connectivity index (χ4v) is 3.62. The highest BCUT2D eigenvalue weighted by molar-refractivity contribution is 7.15. The van der Waals surface area contributed by atoms with Gasteiger partial charge < -0.3 is 9.51 Å². The van der Waals surface area contributed by atoms with Gasteiger partial charge >= 0.3 is 5.97 Å². The van der Waals surface area contributed by atoms with E-state index >= 15 is 0 Å². The van der Waals surface area contributed by atoms with Crippen LogP contribution < -0.4 is 0 Å². The number of carboxylic acids is 1. The van der Waals surface area contributed by atoms with E-state index in [2.05, 4.69) is 44.2 Å². The van der Waals surface area contributed by atoms with Gasteiger partial charge in [0.2, 0.25) is 0 Å². The van der Waals surface area contributed by atoms with Crippen LogP contribution in [0.1, 0.15) is 25.1 Å². The lowest BCUT2D eigenvalue weighted by Crippen LogP contribution is -2.01. The number of nitrogens with zero attached hydrogens (tertiary/aromatic N) is 1. The molecule has 0 fully saturated rings. The predicted octanol–water partition coefficient (Wildman–Crippen LogP) is 4.49. The molecule has 0 spiro atoms. The molecule has 0 radical (unpaired) electrons. The molecule has 3 nitrogen and oxygen atoms in total. The Morgan fingerprint density at radius 3 is 2.59 bits per heavy atom. The Morgan fingerprint density at radius 2 is 1.95 bits per heavy atom. The van der Waals surface area contributed by atoms with Crippen LogP contribution in [0, 0.1) is 5.92 Å². The van der Waals surface area contributed by atoms with E-state index in [4.69, 9.17) is 5.11 Å². The second-order valence-electron chi connectivity index (χ2n) is 6.03. The minimum atomic E-state index is -0.798. The molecule has 0 unspecified atom stereocenters. The van der Waals surface area contributed by atoms with E-state index in [9.17, 15) is 4.79 Å². The Bertz CT molecular complexity index is 796. The Labute approximate surface area is 133 Å². The fraction of sp³-hybridized carbons (Fsp3) is 0.278. The molecule has 0 aliphatic heterocycles. The third kappa shape index (κ3) is 3.07. The monoisotopic (exact) mass is 313 g/mol. The molecule has 3 rings (SSSR count). The van der Waals surface area contributed by atoms with Gasteiger partial charge in [0.25, 0.3) is 0 Å². The molecule has 3 aromatic rings. The third-order valence-electron chi connectivity index (χ3n) is 3.67. The number of carbonyl (C=O) groups is 1. The summed E-state index contributed by atoms with van der Waals surface area (Å²) in [6.45, 7) is 4.44. The topological polar surface area (TPSA) is 41.7 Å². The van der Waals surface area contributed by atoms with E-state index in [1.54, 1.807) is 11.3 Å². The van der Waals surface area contributed by atoms with E-state index in [0.717, 1.165) is 22.5 Å². The van der Waals surface area contributed by atoms with Gasteiger partial charge in [0.1, 0.15) is 0 Å². The maximum Gasteiger partial charge on any atom is 0.309 e. The predicted molar refractivity (Wildman–Crippen MR) is 90.6 cm³/mol. The summed E-state index contributed by atoms with van der Waals surface area (Å²) in [5, 5.41) is 10.9. The summed E-state index contributed by atoms with van der Waals surface area (Å²) in [6, 6.07) is 10.8. The molecule has 4 heteroatoms. The van der Waals surface area contributed by atoms with E-state index in [0.29, 0.717) is 5.92 Å². The standard InChI is InChI=1S/C18H19NO2S/c1-12(2)7-13-3-5-14(6-4-13)15-8-17-19(10-15)16(11-22-17)9-18(20)21/h3-6,8,10-12H,7,9H2,1-2H3,(H,20,21). The molecule has 2 heterocycles. The van der Waals surface area contributed by atoms with Crippen molar-refractivity contribution in [2.75, 3.05) is 0 Å². The number of aliphatic carboxylic acids is 1. The van der Waals surface area contributed by atoms with Gasteiger partial charge in [-0.15, -0.1) is 11.3 Å². The molecular formula is C18H19NO2S. The summed E-state index contributed by atoms with van der Waals surface area (Å²) >= 11 is 1.58. The van der Waals surface area contributed by atoms with Crippen molar-refractivity contribution >= 4 is 22.1 Å². The minimum absolute atomic E-state index is 0.0570. The summed E-state index contributed by atoms with van der Waals surface area (Å²) < 4.78 is 1.98. The molecule has 0 atom stereocenters. The van der Waals surface area contributed by atoms with Crippen molar-refractivity contribution in [2.45, 2.75) is 26.7 Å². The number of hydrogen-bond donors (Lipinski definition) is 1. The molecule has 2 aromatic heterocycles. The number of thiazole rings is 1. The number of carboxylic acid groups (broad SMARTS) is 1. The Morgan fingerprint density at radius 1 is 1.23 bits per heavy atom. The van der Waals surface area contributed by atoms with Gasteiger partial charge in [-0.2, -0.15) is 0 Å². The van der Waals surface area contributed by atoms with Crippen molar-refractivity contribution in [3.05, 3.63) is 53.2 Å². The molecule has 0 saturated heterocycles. The maximum atomic E-state index is 10.9. The van der Waals surface area contributed by atoms with Gasteiger partial charge in [-0.25, -0.2) is 0 Å². The second-order valence-corrected chi connectivity index (χ2v) is 6.92. The molecule has 22 heavy (non-hydrogen) atoms. The zero-order valence-electron chi connectivity index (χ0n) is 12.7. The van der Waals surface area contributed by atoms with Gasteiger partial charge in [-0.3, -0.25) is 4.79 Å². The van der Waals surface area contributed by atoms with Crippen LogP contribution in [0.4, 0.5) is 0 Å². The summed E-state index contributed by atoms with van der Waals surface area (Å²) in [5.74, 6) is -0.141. The molecule has 0 aliphatic carbocycles. The Balaban J connectivity index is 1.90. The summed E-state index contributed by atoms with van der Waals surface area (Å²) in [4.78, 5) is 12.0. The normalized spacial score (nSPS) is 11.4. The molecule has 1 aromatic carbocycles. The highest BCUT2D eigenvalue weighted by Gasteiger charge is 2.10. The van der Waals surface area contributed by atoms with Crippen LogP contribution in [-0.4, -0.2) is 15.5 Å². The molecule has 0 saturated carbocycles. The van der Waals surface area contributed by atoms with Crippen LogP contribution in [-0.2, 0) is 17.6 Å². The van der Waals surface area contributed by atoms with E-state index in [1.807, 2.05) is 16.0 Å². The average molecular weight is 313 g/mol. The van der Waals surface area contributed by atoms with Crippen LogP contribution in [0.3, 0.4) is 0 Å².